The standard InChI is InChI=1S/C22H26N4O2/c1-28-18-5-3-2-4-16(18)17-13-26(22(27)15-6-7-19(23)24-12-15)20-14-8-10-25(11-9-14)21(17)20/h2-7,12,14,17,20-21H,8-11,13H2,1H3,(H2,23,24)/t17-,20+,21+/m0/s1. The predicted molar refractivity (Wildman–Crippen MR) is 107 cm³/mol. The van der Waals surface area contributed by atoms with Gasteiger partial charge in [0, 0.05) is 30.3 Å². The lowest BCUT2D eigenvalue weighted by Gasteiger charge is -2.51. The number of carbonyl (C=O) groups excluding carboxylic acids is 1. The molecule has 0 unspecified atom stereocenters. The molecule has 0 saturated carbocycles. The molecule has 4 fully saturated rings. The Bertz CT molecular complexity index is 876. The molecule has 4 aliphatic heterocycles. The Kier molecular flexibility index (Phi) is 4.23. The highest BCUT2D eigenvalue weighted by molar-refractivity contribution is 5.94. The van der Waals surface area contributed by atoms with Crippen LogP contribution in [0.25, 0.3) is 0 Å². The Balaban J connectivity index is 1.54. The van der Waals surface area contributed by atoms with Crippen LogP contribution < -0.4 is 10.5 Å². The molecule has 0 aliphatic carbocycles. The molecule has 4 saturated heterocycles. The van der Waals surface area contributed by atoms with Crippen LogP contribution in [0.4, 0.5) is 5.82 Å². The fourth-order valence-electron chi connectivity index (χ4n) is 5.60. The number of hydrogen-bond donors (Lipinski definition) is 1. The van der Waals surface area contributed by atoms with Crippen LogP contribution >= 0.6 is 0 Å². The molecule has 4 aliphatic rings. The number of piperidine rings is 3. The molecule has 0 spiro atoms. The predicted octanol–water partition coefficient (Wildman–Crippen LogP) is 2.37. The summed E-state index contributed by atoms with van der Waals surface area (Å²) in [6.07, 6.45) is 3.94. The highest BCUT2D eigenvalue weighted by Crippen LogP contribution is 2.48. The van der Waals surface area contributed by atoms with E-state index < -0.39 is 0 Å². The van der Waals surface area contributed by atoms with Gasteiger partial charge in [-0.25, -0.2) is 4.98 Å². The highest BCUT2D eigenvalue weighted by atomic mass is 16.5. The molecule has 1 amide bonds. The van der Waals surface area contributed by atoms with Crippen LogP contribution in [0.2, 0.25) is 0 Å². The number of amides is 1. The lowest BCUT2D eigenvalue weighted by molar-refractivity contribution is -0.00351. The third-order valence-electron chi connectivity index (χ3n) is 6.83. The average molecular weight is 378 g/mol. The minimum atomic E-state index is 0.0636. The van der Waals surface area contributed by atoms with Gasteiger partial charge in [-0.05, 0) is 50.0 Å². The molecule has 1 aromatic heterocycles. The second kappa shape index (κ2) is 6.78. The molecule has 5 heterocycles. The number of carbonyl (C=O) groups is 1. The van der Waals surface area contributed by atoms with Gasteiger partial charge in [0.1, 0.15) is 11.6 Å². The molecule has 2 N–H and O–H groups in total. The van der Waals surface area contributed by atoms with Crippen molar-refractivity contribution in [2.45, 2.75) is 30.8 Å². The molecule has 3 atom stereocenters. The molecule has 2 aromatic rings. The molecule has 2 bridgehead atoms. The summed E-state index contributed by atoms with van der Waals surface area (Å²) in [7, 11) is 1.72. The number of nitrogens with two attached hydrogens (primary N) is 1. The first-order chi connectivity index (χ1) is 13.7. The van der Waals surface area contributed by atoms with Gasteiger partial charge in [0.25, 0.3) is 5.91 Å². The van der Waals surface area contributed by atoms with Crippen molar-refractivity contribution in [1.29, 1.82) is 0 Å². The van der Waals surface area contributed by atoms with E-state index in [9.17, 15) is 4.79 Å². The summed E-state index contributed by atoms with van der Waals surface area (Å²) in [5.74, 6) is 2.24. The van der Waals surface area contributed by atoms with Gasteiger partial charge in [-0.3, -0.25) is 9.69 Å². The number of pyridine rings is 1. The lowest BCUT2D eigenvalue weighted by Crippen LogP contribution is -2.60. The maximum Gasteiger partial charge on any atom is 0.255 e. The van der Waals surface area contributed by atoms with Crippen LogP contribution in [0.5, 0.6) is 5.75 Å². The summed E-state index contributed by atoms with van der Waals surface area (Å²) >= 11 is 0. The second-order valence-electron chi connectivity index (χ2n) is 8.13. The lowest BCUT2D eigenvalue weighted by atomic mass is 9.75. The number of fused-ring (bicyclic) bond motifs is 2. The van der Waals surface area contributed by atoms with Crippen LogP contribution in [0, 0.1) is 5.92 Å². The van der Waals surface area contributed by atoms with Crippen LogP contribution in [0.1, 0.15) is 34.7 Å². The van der Waals surface area contributed by atoms with E-state index in [1.165, 1.54) is 18.4 Å². The number of nitrogen functional groups attached to an aromatic ring is 1. The summed E-state index contributed by atoms with van der Waals surface area (Å²) < 4.78 is 5.67. The number of anilines is 1. The van der Waals surface area contributed by atoms with Gasteiger partial charge in [0.2, 0.25) is 0 Å². The van der Waals surface area contributed by atoms with Gasteiger partial charge in [0.15, 0.2) is 0 Å². The van der Waals surface area contributed by atoms with Crippen molar-refractivity contribution in [3.05, 3.63) is 53.7 Å². The van der Waals surface area contributed by atoms with Crippen LogP contribution in [-0.4, -0.2) is 59.5 Å². The number of ether oxygens (including phenoxy) is 1. The number of rotatable bonds is 3. The van der Waals surface area contributed by atoms with Crippen molar-refractivity contribution in [1.82, 2.24) is 14.8 Å². The molecular formula is C22H26N4O2. The van der Waals surface area contributed by atoms with Crippen molar-refractivity contribution in [2.24, 2.45) is 5.92 Å². The number of benzene rings is 1. The fourth-order valence-corrected chi connectivity index (χ4v) is 5.60. The third kappa shape index (κ3) is 2.66. The molecule has 6 rings (SSSR count). The van der Waals surface area contributed by atoms with Crippen LogP contribution in [-0.2, 0) is 0 Å². The first kappa shape index (κ1) is 17.5. The topological polar surface area (TPSA) is 71.7 Å². The molecule has 1 aromatic carbocycles. The number of para-hydroxylation sites is 1. The van der Waals surface area contributed by atoms with E-state index in [0.717, 1.165) is 18.8 Å². The summed E-state index contributed by atoms with van der Waals surface area (Å²) in [5.41, 5.74) is 7.53. The largest absolute Gasteiger partial charge is 0.496 e. The molecule has 28 heavy (non-hydrogen) atoms. The van der Waals surface area contributed by atoms with Crippen molar-refractivity contribution >= 4 is 11.7 Å². The van der Waals surface area contributed by atoms with Crippen molar-refractivity contribution < 1.29 is 9.53 Å². The Morgan fingerprint density at radius 1 is 1.14 bits per heavy atom. The second-order valence-corrected chi connectivity index (χ2v) is 8.13. The highest BCUT2D eigenvalue weighted by Gasteiger charge is 2.55. The van der Waals surface area contributed by atoms with Crippen molar-refractivity contribution in [3.8, 4) is 5.75 Å². The normalized spacial score (nSPS) is 30.9. The summed E-state index contributed by atoms with van der Waals surface area (Å²) in [6, 6.07) is 12.4. The summed E-state index contributed by atoms with van der Waals surface area (Å²) in [6.45, 7) is 2.97. The number of likely N-dealkylation sites (tertiary alicyclic amines) is 1. The number of nitrogens with zero attached hydrogens (tertiary/aromatic N) is 3. The van der Waals surface area contributed by atoms with E-state index in [1.807, 2.05) is 12.1 Å². The van der Waals surface area contributed by atoms with Gasteiger partial charge < -0.3 is 15.4 Å². The zero-order valence-corrected chi connectivity index (χ0v) is 16.1. The Labute approximate surface area is 165 Å². The van der Waals surface area contributed by atoms with Crippen LogP contribution in [0.3, 0.4) is 0 Å². The number of methoxy groups -OCH3 is 1. The molecular weight excluding hydrogens is 352 g/mol. The van der Waals surface area contributed by atoms with Gasteiger partial charge in [-0.2, -0.15) is 0 Å². The van der Waals surface area contributed by atoms with E-state index in [2.05, 4.69) is 26.9 Å². The zero-order valence-electron chi connectivity index (χ0n) is 16.1. The molecule has 6 nitrogen and oxygen atoms in total. The van der Waals surface area contributed by atoms with Gasteiger partial charge >= 0.3 is 0 Å². The molecule has 0 radical (unpaired) electrons. The van der Waals surface area contributed by atoms with Crippen LogP contribution in [0.15, 0.2) is 42.6 Å². The van der Waals surface area contributed by atoms with E-state index in [1.54, 1.807) is 25.4 Å². The quantitative estimate of drug-likeness (QED) is 0.888. The Hall–Kier alpha value is -2.60. The summed E-state index contributed by atoms with van der Waals surface area (Å²) in [4.78, 5) is 22.2. The minimum Gasteiger partial charge on any atom is -0.496 e. The third-order valence-corrected chi connectivity index (χ3v) is 6.83. The maximum atomic E-state index is 13.4. The maximum absolute atomic E-state index is 13.4. The zero-order chi connectivity index (χ0) is 19.3. The monoisotopic (exact) mass is 378 g/mol. The first-order valence-corrected chi connectivity index (χ1v) is 10.1. The van der Waals surface area contributed by atoms with Crippen molar-refractivity contribution in [3.63, 3.8) is 0 Å². The number of aromatic nitrogens is 1. The molecule has 6 heteroatoms. The van der Waals surface area contributed by atoms with E-state index in [4.69, 9.17) is 10.5 Å². The minimum absolute atomic E-state index is 0.0636. The van der Waals surface area contributed by atoms with Gasteiger partial charge in [-0.1, -0.05) is 18.2 Å². The SMILES string of the molecule is COc1ccccc1[C@@H]1CN(C(=O)c2ccc(N)nc2)[C@@H]2C3CCN(CC3)[C@@H]21. The first-order valence-electron chi connectivity index (χ1n) is 10.1. The van der Waals surface area contributed by atoms with E-state index in [0.29, 0.717) is 29.9 Å². The van der Waals surface area contributed by atoms with E-state index in [-0.39, 0.29) is 17.9 Å². The van der Waals surface area contributed by atoms with E-state index >= 15 is 0 Å². The Morgan fingerprint density at radius 2 is 1.93 bits per heavy atom. The fraction of sp³-hybridized carbons (Fsp3) is 0.455. The van der Waals surface area contributed by atoms with Gasteiger partial charge in [0.05, 0.1) is 18.7 Å². The number of hydrogen-bond acceptors (Lipinski definition) is 5. The Morgan fingerprint density at radius 3 is 2.64 bits per heavy atom. The molecule has 146 valence electrons. The van der Waals surface area contributed by atoms with Crippen molar-refractivity contribution in [2.75, 3.05) is 32.5 Å². The smallest absolute Gasteiger partial charge is 0.255 e. The summed E-state index contributed by atoms with van der Waals surface area (Å²) in [5, 5.41) is 0. The van der Waals surface area contributed by atoms with Gasteiger partial charge in [-0.15, -0.1) is 0 Å². The average Bonchev–Trinajstić information content (AvgIpc) is 3.17.